The van der Waals surface area contributed by atoms with Crippen molar-refractivity contribution < 1.29 is 9.53 Å². The molecule has 1 fully saturated rings. The summed E-state index contributed by atoms with van der Waals surface area (Å²) < 4.78 is 8.43. The minimum Gasteiger partial charge on any atom is -0.444 e. The number of likely N-dealkylation sites (tertiary alicyclic amines) is 1. The molecule has 0 aromatic carbocycles. The average molecular weight is 366 g/mol. The molecule has 118 valence electrons. The van der Waals surface area contributed by atoms with Crippen LogP contribution < -0.4 is 0 Å². The number of nitrogens with zero attached hydrogens (tertiary/aromatic N) is 3. The van der Waals surface area contributed by atoms with Crippen LogP contribution in [0.15, 0.2) is 29.0 Å². The van der Waals surface area contributed by atoms with Gasteiger partial charge in [0.25, 0.3) is 0 Å². The normalized spacial score (nSPS) is 18.9. The Morgan fingerprint density at radius 1 is 1.36 bits per heavy atom. The third-order valence-electron chi connectivity index (χ3n) is 3.74. The maximum atomic E-state index is 12.2. The van der Waals surface area contributed by atoms with Gasteiger partial charge in [-0.3, -0.25) is 0 Å². The molecule has 22 heavy (non-hydrogen) atoms. The van der Waals surface area contributed by atoms with E-state index in [1.165, 1.54) is 0 Å². The van der Waals surface area contributed by atoms with Crippen LogP contribution in [-0.4, -0.2) is 39.2 Å². The summed E-state index contributed by atoms with van der Waals surface area (Å²) in [6.45, 7) is 7.04. The summed E-state index contributed by atoms with van der Waals surface area (Å²) in [6.07, 6.45) is 2.73. The zero-order valence-electron chi connectivity index (χ0n) is 13.0. The summed E-state index contributed by atoms with van der Waals surface area (Å²) in [7, 11) is 0. The van der Waals surface area contributed by atoms with Gasteiger partial charge in [0.05, 0.1) is 6.04 Å². The predicted octanol–water partition coefficient (Wildman–Crippen LogP) is 3.98. The average Bonchev–Trinajstić information content (AvgIpc) is 3.01. The fourth-order valence-corrected chi connectivity index (χ4v) is 3.06. The van der Waals surface area contributed by atoms with Crippen molar-refractivity contribution in [3.05, 3.63) is 29.0 Å². The van der Waals surface area contributed by atoms with Gasteiger partial charge in [0.2, 0.25) is 0 Å². The molecule has 0 N–H and O–H groups in total. The van der Waals surface area contributed by atoms with Crippen molar-refractivity contribution in [2.24, 2.45) is 0 Å². The van der Waals surface area contributed by atoms with Gasteiger partial charge in [-0.05, 0) is 61.3 Å². The third-order valence-corrected chi connectivity index (χ3v) is 4.18. The molecule has 1 aliphatic heterocycles. The Morgan fingerprint density at radius 2 is 2.14 bits per heavy atom. The standard InChI is InChI=1S/C16H20BrN3O2/c1-16(2,3)22-15(21)19-8-7-12(10-19)20-9-6-11-4-5-13(17)18-14(11)20/h4-6,9,12H,7-8,10H2,1-3H3/t12-/m1/s1. The van der Waals surface area contributed by atoms with E-state index in [9.17, 15) is 4.79 Å². The monoisotopic (exact) mass is 365 g/mol. The van der Waals surface area contributed by atoms with Crippen molar-refractivity contribution in [1.29, 1.82) is 0 Å². The Morgan fingerprint density at radius 3 is 2.86 bits per heavy atom. The fraction of sp³-hybridized carbons (Fsp3) is 0.500. The Hall–Kier alpha value is -1.56. The summed E-state index contributed by atoms with van der Waals surface area (Å²) >= 11 is 3.42. The minimum atomic E-state index is -0.457. The molecule has 3 rings (SSSR count). The highest BCUT2D eigenvalue weighted by Crippen LogP contribution is 2.28. The Balaban J connectivity index is 1.77. The van der Waals surface area contributed by atoms with E-state index in [0.717, 1.165) is 22.1 Å². The van der Waals surface area contributed by atoms with Crippen LogP contribution in [0, 0.1) is 0 Å². The van der Waals surface area contributed by atoms with Crippen LogP contribution in [0.4, 0.5) is 4.79 Å². The van der Waals surface area contributed by atoms with E-state index in [-0.39, 0.29) is 12.1 Å². The summed E-state index contributed by atoms with van der Waals surface area (Å²) in [5.41, 5.74) is 0.493. The molecule has 0 aliphatic carbocycles. The van der Waals surface area contributed by atoms with Crippen LogP contribution in [0.5, 0.6) is 0 Å². The molecule has 5 nitrogen and oxygen atoms in total. The van der Waals surface area contributed by atoms with Gasteiger partial charge in [0.1, 0.15) is 15.9 Å². The van der Waals surface area contributed by atoms with Gasteiger partial charge in [-0.25, -0.2) is 9.78 Å². The number of rotatable bonds is 1. The van der Waals surface area contributed by atoms with E-state index in [1.54, 1.807) is 4.90 Å². The molecule has 1 amide bonds. The van der Waals surface area contributed by atoms with Crippen molar-refractivity contribution in [3.8, 4) is 0 Å². The number of fused-ring (bicyclic) bond motifs is 1. The number of ether oxygens (including phenoxy) is 1. The number of carbonyl (C=O) groups excluding carboxylic acids is 1. The lowest BCUT2D eigenvalue weighted by molar-refractivity contribution is 0.0289. The number of hydrogen-bond donors (Lipinski definition) is 0. The predicted molar refractivity (Wildman–Crippen MR) is 88.9 cm³/mol. The first-order valence-electron chi connectivity index (χ1n) is 7.44. The first-order chi connectivity index (χ1) is 10.3. The van der Waals surface area contributed by atoms with Crippen LogP contribution in [0.3, 0.4) is 0 Å². The molecule has 6 heteroatoms. The molecule has 2 aromatic rings. The molecule has 0 radical (unpaired) electrons. The van der Waals surface area contributed by atoms with Crippen molar-refractivity contribution in [3.63, 3.8) is 0 Å². The summed E-state index contributed by atoms with van der Waals surface area (Å²) in [6, 6.07) is 6.29. The van der Waals surface area contributed by atoms with E-state index < -0.39 is 5.60 Å². The van der Waals surface area contributed by atoms with E-state index >= 15 is 0 Å². The van der Waals surface area contributed by atoms with Crippen LogP contribution in [-0.2, 0) is 4.74 Å². The topological polar surface area (TPSA) is 47.4 Å². The SMILES string of the molecule is CC(C)(C)OC(=O)N1CC[C@@H](n2ccc3ccc(Br)nc32)C1. The number of carbonyl (C=O) groups is 1. The number of hydrogen-bond acceptors (Lipinski definition) is 3. The molecular weight excluding hydrogens is 346 g/mol. The number of aromatic nitrogens is 2. The molecular formula is C16H20BrN3O2. The molecule has 1 saturated heterocycles. The largest absolute Gasteiger partial charge is 0.444 e. The molecule has 0 spiro atoms. The van der Waals surface area contributed by atoms with Gasteiger partial charge < -0.3 is 14.2 Å². The summed E-state index contributed by atoms with van der Waals surface area (Å²) in [5, 5.41) is 1.11. The van der Waals surface area contributed by atoms with Crippen molar-refractivity contribution in [2.75, 3.05) is 13.1 Å². The lowest BCUT2D eigenvalue weighted by Crippen LogP contribution is -2.35. The zero-order chi connectivity index (χ0) is 15.9. The lowest BCUT2D eigenvalue weighted by Gasteiger charge is -2.24. The highest BCUT2D eigenvalue weighted by atomic mass is 79.9. The maximum Gasteiger partial charge on any atom is 0.410 e. The first kappa shape index (κ1) is 15.3. The smallest absolute Gasteiger partial charge is 0.410 e. The zero-order valence-corrected chi connectivity index (χ0v) is 14.6. The van der Waals surface area contributed by atoms with Crippen molar-refractivity contribution >= 4 is 33.1 Å². The van der Waals surface area contributed by atoms with E-state index in [4.69, 9.17) is 4.74 Å². The molecule has 0 unspecified atom stereocenters. The van der Waals surface area contributed by atoms with Crippen LogP contribution in [0.1, 0.15) is 33.2 Å². The third kappa shape index (κ3) is 3.11. The molecule has 1 atom stereocenters. The Bertz CT molecular complexity index is 705. The highest BCUT2D eigenvalue weighted by Gasteiger charge is 2.31. The second kappa shape index (κ2) is 5.57. The van der Waals surface area contributed by atoms with Gasteiger partial charge in [0, 0.05) is 24.7 Å². The molecule has 1 aliphatic rings. The molecule has 2 aromatic heterocycles. The lowest BCUT2D eigenvalue weighted by atomic mass is 10.2. The fourth-order valence-electron chi connectivity index (χ4n) is 2.76. The molecule has 3 heterocycles. The van der Waals surface area contributed by atoms with Crippen molar-refractivity contribution in [1.82, 2.24) is 14.5 Å². The van der Waals surface area contributed by atoms with E-state index in [2.05, 4.69) is 31.5 Å². The highest BCUT2D eigenvalue weighted by molar-refractivity contribution is 9.10. The quantitative estimate of drug-likeness (QED) is 0.718. The van der Waals surface area contributed by atoms with Crippen LogP contribution >= 0.6 is 15.9 Å². The van der Waals surface area contributed by atoms with Crippen LogP contribution in [0.2, 0.25) is 0 Å². The van der Waals surface area contributed by atoms with Gasteiger partial charge in [0.15, 0.2) is 0 Å². The molecule has 0 saturated carbocycles. The van der Waals surface area contributed by atoms with Crippen LogP contribution in [0.25, 0.3) is 11.0 Å². The summed E-state index contributed by atoms with van der Waals surface area (Å²) in [5.74, 6) is 0. The maximum absolute atomic E-state index is 12.2. The molecule has 0 bridgehead atoms. The van der Waals surface area contributed by atoms with Gasteiger partial charge in [-0.15, -0.1) is 0 Å². The minimum absolute atomic E-state index is 0.236. The number of halogens is 1. The summed E-state index contributed by atoms with van der Waals surface area (Å²) in [4.78, 5) is 18.5. The van der Waals surface area contributed by atoms with Gasteiger partial charge >= 0.3 is 6.09 Å². The Kier molecular flexibility index (Phi) is 3.89. The van der Waals surface area contributed by atoms with Gasteiger partial charge in [-0.1, -0.05) is 0 Å². The van der Waals surface area contributed by atoms with E-state index in [1.807, 2.05) is 39.1 Å². The second-order valence-corrected chi connectivity index (χ2v) is 7.45. The van der Waals surface area contributed by atoms with Crippen molar-refractivity contribution in [2.45, 2.75) is 38.8 Å². The second-order valence-electron chi connectivity index (χ2n) is 6.64. The number of amides is 1. The van der Waals surface area contributed by atoms with Gasteiger partial charge in [-0.2, -0.15) is 0 Å². The number of pyridine rings is 1. The first-order valence-corrected chi connectivity index (χ1v) is 8.24. The Labute approximate surface area is 138 Å². The van der Waals surface area contributed by atoms with E-state index in [0.29, 0.717) is 13.1 Å².